The fourth-order valence-electron chi connectivity index (χ4n) is 11.5. The number of nitrogens with one attached hydrogen (secondary N) is 4. The minimum absolute atomic E-state index is 0.0243. The van der Waals surface area contributed by atoms with Gasteiger partial charge < -0.3 is 49.2 Å². The molecule has 2 atom stereocenters. The Labute approximate surface area is 538 Å². The van der Waals surface area contributed by atoms with Crippen LogP contribution >= 0.6 is 0 Å². The van der Waals surface area contributed by atoms with Gasteiger partial charge in [-0.05, 0) is 81.8 Å². The summed E-state index contributed by atoms with van der Waals surface area (Å²) in [6.45, 7) is 18.2. The molecule has 0 unspecified atom stereocenters. The zero-order valence-corrected chi connectivity index (χ0v) is 53.2. The molecule has 4 aliphatic rings. The van der Waals surface area contributed by atoms with Crippen LogP contribution in [0.15, 0.2) is 140 Å². The molecule has 0 radical (unpaired) electrons. The number of halogens is 2. The molecule has 2 aromatic heterocycles. The lowest BCUT2D eigenvalue weighted by atomic mass is 9.69. The lowest BCUT2D eigenvalue weighted by molar-refractivity contribution is -0.129. The first kappa shape index (κ1) is 66.4. The van der Waals surface area contributed by atoms with Gasteiger partial charge in [0.1, 0.15) is 0 Å². The highest BCUT2D eigenvalue weighted by Crippen LogP contribution is 2.54. The van der Waals surface area contributed by atoms with Gasteiger partial charge >= 0.3 is 12.1 Å². The Bertz CT molecular complexity index is 3920. The number of para-hydroxylation sites is 2. The van der Waals surface area contributed by atoms with Crippen molar-refractivity contribution in [3.8, 4) is 45.8 Å². The molecule has 0 saturated carbocycles. The van der Waals surface area contributed by atoms with Gasteiger partial charge in [-0.2, -0.15) is 0 Å². The number of hydrogen-bond acceptors (Lipinski definition) is 14. The number of rotatable bonds is 15. The monoisotopic (exact) mass is 1270 g/mol. The predicted molar refractivity (Wildman–Crippen MR) is 342 cm³/mol. The van der Waals surface area contributed by atoms with Crippen molar-refractivity contribution in [2.75, 3.05) is 65.7 Å². The van der Waals surface area contributed by atoms with Crippen LogP contribution < -0.4 is 30.7 Å². The summed E-state index contributed by atoms with van der Waals surface area (Å²) in [6.07, 6.45) is 0. The summed E-state index contributed by atoms with van der Waals surface area (Å²) in [5, 5.41) is 20.0. The van der Waals surface area contributed by atoms with Crippen molar-refractivity contribution in [2.45, 2.75) is 85.0 Å². The van der Waals surface area contributed by atoms with Gasteiger partial charge in [0.25, 0.3) is 11.8 Å². The van der Waals surface area contributed by atoms with Crippen molar-refractivity contribution >= 4 is 35.7 Å². The fraction of sp³-hybridized carbons (Fsp3) is 0.352. The molecule has 0 spiro atoms. The highest BCUT2D eigenvalue weighted by molar-refractivity contribution is 5.99. The first-order valence-electron chi connectivity index (χ1n) is 30.8. The van der Waals surface area contributed by atoms with Crippen LogP contribution in [0.25, 0.3) is 22.5 Å². The normalized spacial score (nSPS) is 16.0. The van der Waals surface area contributed by atoms with Gasteiger partial charge in [0, 0.05) is 95.6 Å². The van der Waals surface area contributed by atoms with E-state index < -0.39 is 69.4 Å². The fourth-order valence-corrected chi connectivity index (χ4v) is 11.5. The van der Waals surface area contributed by atoms with Crippen molar-refractivity contribution < 1.29 is 66.3 Å². The maximum atomic E-state index is 15.2. The number of morpholine rings is 2. The van der Waals surface area contributed by atoms with E-state index in [9.17, 15) is 33.9 Å². The molecule has 20 nitrogen and oxygen atoms in total. The number of fused-ring (bicyclic) bond motifs is 4. The molecule has 7 aromatic rings. The Hall–Kier alpha value is -9.48. The highest BCUT2D eigenvalue weighted by Gasteiger charge is 2.47. The summed E-state index contributed by atoms with van der Waals surface area (Å²) in [6, 6.07) is 38.7. The Morgan fingerprint density at radius 3 is 1.33 bits per heavy atom. The quantitative estimate of drug-likeness (QED) is 0.0641. The summed E-state index contributed by atoms with van der Waals surface area (Å²) in [5.41, 5.74) is 2.33. The number of amides is 8. The van der Waals surface area contributed by atoms with Gasteiger partial charge in [-0.25, -0.2) is 28.3 Å². The summed E-state index contributed by atoms with van der Waals surface area (Å²) >= 11 is 0. The third-order valence-corrected chi connectivity index (χ3v) is 16.8. The number of nitrogens with zero attached hydrogens (tertiary/aromatic N) is 4. The molecule has 5 N–H and O–H groups in total. The molecule has 2 fully saturated rings. The smallest absolute Gasteiger partial charge is 0.321 e. The number of urea groups is 2. The van der Waals surface area contributed by atoms with Crippen molar-refractivity contribution in [1.29, 1.82) is 0 Å². The van der Waals surface area contributed by atoms with Crippen molar-refractivity contribution in [3.05, 3.63) is 190 Å². The van der Waals surface area contributed by atoms with Crippen LogP contribution in [0, 0.1) is 22.5 Å². The summed E-state index contributed by atoms with van der Waals surface area (Å²) in [5.74, 6) is -3.67. The van der Waals surface area contributed by atoms with Crippen molar-refractivity contribution in [3.63, 3.8) is 0 Å². The second-order valence-corrected chi connectivity index (χ2v) is 25.6. The third kappa shape index (κ3) is 15.4. The number of carbonyl (C=O) groups excluding carboxylic acids is 6. The van der Waals surface area contributed by atoms with Crippen molar-refractivity contribution in [1.82, 2.24) is 41.0 Å². The molecule has 22 heteroatoms. The maximum Gasteiger partial charge on any atom is 0.321 e. The molecule has 5 aromatic carbocycles. The van der Waals surface area contributed by atoms with Crippen LogP contribution in [0.2, 0.25) is 0 Å². The molecule has 0 bridgehead atoms. The number of carbonyl (C=O) groups is 6. The molecule has 6 heterocycles. The Morgan fingerprint density at radius 2 is 0.925 bits per heavy atom. The van der Waals surface area contributed by atoms with Crippen molar-refractivity contribution in [2.24, 2.45) is 10.8 Å². The second-order valence-electron chi connectivity index (χ2n) is 25.6. The molecule has 8 amide bonds. The molecular formula is C71H76F2N8O12. The van der Waals surface area contributed by atoms with E-state index in [0.29, 0.717) is 104 Å². The number of imide groups is 2. The topological polar surface area (TPSA) is 249 Å². The number of pyridine rings is 2. The lowest BCUT2D eigenvalue weighted by Gasteiger charge is -2.37. The molecular weight excluding hydrogens is 1190 g/mol. The van der Waals surface area contributed by atoms with Gasteiger partial charge in [-0.1, -0.05) is 119 Å². The van der Waals surface area contributed by atoms with E-state index >= 15 is 8.78 Å². The largest absolute Gasteiger partial charge is 0.435 e. The highest BCUT2D eigenvalue weighted by atomic mass is 19.1. The van der Waals surface area contributed by atoms with Gasteiger partial charge in [-0.3, -0.25) is 29.8 Å². The van der Waals surface area contributed by atoms with Gasteiger partial charge in [0.15, 0.2) is 23.1 Å². The number of aliphatic hydroxyl groups is 1. The van der Waals surface area contributed by atoms with E-state index in [2.05, 4.69) is 26.3 Å². The summed E-state index contributed by atoms with van der Waals surface area (Å²) in [4.78, 5) is 91.4. The minimum Gasteiger partial charge on any atom is -0.435 e. The van der Waals surface area contributed by atoms with Gasteiger partial charge in [-0.15, -0.1) is 0 Å². The zero-order chi connectivity index (χ0) is 66.4. The number of aromatic nitrogens is 2. The van der Waals surface area contributed by atoms with Gasteiger partial charge in [0.2, 0.25) is 23.6 Å². The average Bonchev–Trinajstić information content (AvgIpc) is 0.748. The van der Waals surface area contributed by atoms with E-state index in [1.807, 2.05) is 50.2 Å². The molecule has 486 valence electrons. The molecule has 11 rings (SSSR count). The van der Waals surface area contributed by atoms with E-state index in [4.69, 9.17) is 28.7 Å². The lowest BCUT2D eigenvalue weighted by Crippen LogP contribution is -2.50. The minimum atomic E-state index is -1.25. The molecule has 0 aliphatic carbocycles. The first-order valence-corrected chi connectivity index (χ1v) is 30.8. The van der Waals surface area contributed by atoms with Crippen LogP contribution in [0.1, 0.15) is 116 Å². The third-order valence-electron chi connectivity index (χ3n) is 16.8. The number of hydrogen-bond donors (Lipinski definition) is 5. The maximum absolute atomic E-state index is 15.2. The second kappa shape index (κ2) is 27.8. The summed E-state index contributed by atoms with van der Waals surface area (Å²) in [7, 11) is 0. The van der Waals surface area contributed by atoms with Crippen LogP contribution in [-0.4, -0.2) is 137 Å². The van der Waals surface area contributed by atoms with Gasteiger partial charge in [0.05, 0.1) is 66.5 Å². The Morgan fingerprint density at radius 1 is 0.516 bits per heavy atom. The Kier molecular flexibility index (Phi) is 19.8. The molecule has 93 heavy (non-hydrogen) atoms. The van der Waals surface area contributed by atoms with Crippen LogP contribution in [0.5, 0.6) is 23.3 Å². The molecule has 2 saturated heterocycles. The predicted octanol–water partition coefficient (Wildman–Crippen LogP) is 10.7. The standard InChI is InChI=1S/C39H41FN4O6.C32H35FN4O6/c1-38(2,49-23-25-9-6-5-7-10-25)24-41-37(47)43-36(46)39(3,4)32-28-11-8-12-30(40)33(28)50-34-29(32)17-18-31(42-34)26-13-15-27(16-14-26)35(45)44-19-21-48-22-20-44;1-31(2,41)18-34-30(40)36-29(39)32(3,4)25-21-6-5-7-23(33)26(21)43-27-22(25)12-13-24(35-27)19-8-10-20(11-9-19)28(38)37-14-16-42-17-15-37/h5-18,32H,19-24H2,1-4H3,(H2,41,43,46,47);5-13,25,41H,14-18H2,1-4H3,(H2,34,36,39,40)/t32-;25-/m00/s1. The van der Waals surface area contributed by atoms with E-state index in [1.54, 1.807) is 128 Å². The first-order chi connectivity index (χ1) is 44.3. The van der Waals surface area contributed by atoms with Crippen LogP contribution in [-0.2, 0) is 30.4 Å². The Balaban J connectivity index is 0.000000206. The SMILES string of the molecule is CC(C)(CNC(=O)NC(=O)C(C)(C)[C@@H]1c2ccc(-c3ccc(C(=O)N4CCOCC4)cc3)nc2Oc2c(F)cccc21)OCc1ccccc1.CC(C)(O)CNC(=O)NC(=O)C(C)(C)[C@@H]1c2ccc(-c3ccc(C(=O)N4CCOCC4)cc3)nc2Oc2c(F)cccc21. The number of ether oxygens (including phenoxy) is 5. The van der Waals surface area contributed by atoms with Crippen LogP contribution in [0.4, 0.5) is 18.4 Å². The molecule has 4 aliphatic heterocycles. The van der Waals surface area contributed by atoms with Crippen LogP contribution in [0.3, 0.4) is 0 Å². The van der Waals surface area contributed by atoms with E-state index in [-0.39, 0.29) is 48.2 Å². The van der Waals surface area contributed by atoms with E-state index in [1.165, 1.54) is 26.0 Å². The average molecular weight is 1270 g/mol. The zero-order valence-electron chi connectivity index (χ0n) is 53.2. The van der Waals surface area contributed by atoms with E-state index in [0.717, 1.165) is 16.7 Å². The summed E-state index contributed by atoms with van der Waals surface area (Å²) < 4.78 is 59.0. The number of benzene rings is 5.